The van der Waals surface area contributed by atoms with E-state index in [4.69, 9.17) is 23.2 Å². The van der Waals surface area contributed by atoms with E-state index in [2.05, 4.69) is 15.5 Å². The zero-order valence-electron chi connectivity index (χ0n) is 17.2. The Morgan fingerprint density at radius 1 is 1.23 bits per heavy atom. The Kier molecular flexibility index (Phi) is 7.47. The molecule has 11 heteroatoms. The van der Waals surface area contributed by atoms with E-state index >= 15 is 0 Å². The second kappa shape index (κ2) is 9.67. The quantitative estimate of drug-likeness (QED) is 0.566. The van der Waals surface area contributed by atoms with Crippen LogP contribution in [0.3, 0.4) is 0 Å². The number of nitrogens with zero attached hydrogens (tertiary/aromatic N) is 1. The van der Waals surface area contributed by atoms with Crippen LogP contribution in [0.25, 0.3) is 11.1 Å². The van der Waals surface area contributed by atoms with Crippen LogP contribution in [0, 0.1) is 0 Å². The highest BCUT2D eigenvalue weighted by Gasteiger charge is 2.24. The van der Waals surface area contributed by atoms with Gasteiger partial charge in [0.05, 0.1) is 22.7 Å². The summed E-state index contributed by atoms with van der Waals surface area (Å²) in [5, 5.41) is 6.20. The van der Waals surface area contributed by atoms with Crippen LogP contribution in [0.15, 0.2) is 53.2 Å². The van der Waals surface area contributed by atoms with Crippen molar-refractivity contribution in [1.29, 1.82) is 0 Å². The summed E-state index contributed by atoms with van der Waals surface area (Å²) in [5.41, 5.74) is 7.00. The van der Waals surface area contributed by atoms with Gasteiger partial charge in [0.1, 0.15) is 5.69 Å². The number of nitrogens with one attached hydrogen (secondary N) is 2. The summed E-state index contributed by atoms with van der Waals surface area (Å²) in [6.45, 7) is 2.74. The monoisotopic (exact) mass is 450 g/mol. The molecule has 166 valence electrons. The number of amides is 1. The van der Waals surface area contributed by atoms with Crippen molar-refractivity contribution in [2.24, 2.45) is 0 Å². The third-order valence-corrected chi connectivity index (χ3v) is 3.87. The molecule has 4 N–H and O–H groups in total. The summed E-state index contributed by atoms with van der Waals surface area (Å²) >= 11 is 0. The van der Waals surface area contributed by atoms with Gasteiger partial charge in [-0.3, -0.25) is 15.8 Å². The van der Waals surface area contributed by atoms with E-state index in [-0.39, 0.29) is 23.9 Å². The number of aromatic amines is 1. The number of hydrogen-bond acceptors (Lipinski definition) is 7. The van der Waals surface area contributed by atoms with E-state index in [0.29, 0.717) is 12.1 Å². The van der Waals surface area contributed by atoms with Crippen LogP contribution in [0.4, 0.5) is 16.1 Å². The maximum absolute atomic E-state index is 13.8. The van der Waals surface area contributed by atoms with Gasteiger partial charge in [0.25, 0.3) is 5.82 Å². The average molecular weight is 450 g/mol. The molecule has 0 fully saturated rings. The normalized spacial score (nSPS) is 11.4. The molecule has 0 spiro atoms. The molecule has 3 aromatic rings. The fourth-order valence-corrected chi connectivity index (χ4v) is 2.41. The number of pyridine rings is 1. The molecule has 0 saturated heterocycles. The first kappa shape index (κ1) is 24.0. The summed E-state index contributed by atoms with van der Waals surface area (Å²) < 4.78 is 46.0. The molecule has 0 aliphatic heterocycles. The van der Waals surface area contributed by atoms with Gasteiger partial charge in [-0.1, -0.05) is 29.4 Å². The Balaban J connectivity index is 0.000000614. The lowest BCUT2D eigenvalue weighted by Gasteiger charge is -2.07. The van der Waals surface area contributed by atoms with Crippen LogP contribution in [0.5, 0.6) is 0 Å². The maximum atomic E-state index is 13.8. The van der Waals surface area contributed by atoms with Crippen LogP contribution in [0.2, 0.25) is 0 Å². The summed E-state index contributed by atoms with van der Waals surface area (Å²) in [6, 6.07) is 12.7. The SMILES string of the molecule is CC(C)(F)c1cc(NC(=O)Cc2ccc(-c3ccc(N)[nH+]c3)cc2)on1.CS(=O)(=O)[O-]. The van der Waals surface area contributed by atoms with Gasteiger partial charge in [-0.05, 0) is 31.0 Å². The Labute approximate surface area is 179 Å². The number of aromatic nitrogens is 2. The number of hydrogen-bond donors (Lipinski definition) is 2. The lowest BCUT2D eigenvalue weighted by molar-refractivity contribution is -0.359. The molecule has 1 amide bonds. The van der Waals surface area contributed by atoms with E-state index < -0.39 is 15.8 Å². The minimum absolute atomic E-state index is 0.129. The smallest absolute Gasteiger partial charge is 0.270 e. The average Bonchev–Trinajstić information content (AvgIpc) is 3.10. The minimum atomic E-state index is -3.92. The maximum Gasteiger partial charge on any atom is 0.270 e. The first-order chi connectivity index (χ1) is 14.3. The molecule has 0 atom stereocenters. The largest absolute Gasteiger partial charge is 0.748 e. The Bertz CT molecular complexity index is 1110. The number of carbonyl (C=O) groups excluding carboxylic acids is 1. The summed E-state index contributed by atoms with van der Waals surface area (Å²) in [6.07, 6.45) is 2.60. The van der Waals surface area contributed by atoms with Crippen molar-refractivity contribution in [3.63, 3.8) is 0 Å². The molecule has 2 aromatic heterocycles. The minimum Gasteiger partial charge on any atom is -0.748 e. The van der Waals surface area contributed by atoms with Gasteiger partial charge in [-0.15, -0.1) is 0 Å². The molecule has 31 heavy (non-hydrogen) atoms. The van der Waals surface area contributed by atoms with E-state index in [0.717, 1.165) is 16.7 Å². The number of anilines is 2. The molecule has 0 radical (unpaired) electrons. The van der Waals surface area contributed by atoms with Crippen LogP contribution < -0.4 is 16.0 Å². The number of nitrogen functional groups attached to an aromatic ring is 1. The first-order valence-electron chi connectivity index (χ1n) is 9.04. The molecule has 0 saturated carbocycles. The zero-order chi connectivity index (χ0) is 23.2. The van der Waals surface area contributed by atoms with Crippen molar-refractivity contribution < 1.29 is 31.7 Å². The topological polar surface area (TPSA) is 152 Å². The second-order valence-corrected chi connectivity index (χ2v) is 8.62. The number of rotatable bonds is 5. The number of H-pyrrole nitrogens is 1. The van der Waals surface area contributed by atoms with Crippen LogP contribution >= 0.6 is 0 Å². The van der Waals surface area contributed by atoms with Crippen LogP contribution in [-0.4, -0.2) is 30.3 Å². The highest BCUT2D eigenvalue weighted by atomic mass is 32.2. The lowest BCUT2D eigenvalue weighted by Crippen LogP contribution is -2.14. The van der Waals surface area contributed by atoms with Gasteiger partial charge in [-0.25, -0.2) is 17.8 Å². The molecule has 9 nitrogen and oxygen atoms in total. The molecule has 0 unspecified atom stereocenters. The third-order valence-electron chi connectivity index (χ3n) is 3.87. The van der Waals surface area contributed by atoms with Gasteiger partial charge in [-0.2, -0.15) is 0 Å². The van der Waals surface area contributed by atoms with Crippen molar-refractivity contribution >= 4 is 27.7 Å². The van der Waals surface area contributed by atoms with Crippen molar-refractivity contribution in [1.82, 2.24) is 5.16 Å². The van der Waals surface area contributed by atoms with Crippen molar-refractivity contribution in [3.05, 3.63) is 59.9 Å². The molecule has 1 aromatic carbocycles. The second-order valence-electron chi connectivity index (χ2n) is 7.21. The molecular formula is C20H23FN4O5S. The number of nitrogens with two attached hydrogens (primary N) is 1. The molecule has 3 rings (SSSR count). The fraction of sp³-hybridized carbons (Fsp3) is 0.250. The molecular weight excluding hydrogens is 427 g/mol. The van der Waals surface area contributed by atoms with Crippen LogP contribution in [0.1, 0.15) is 25.1 Å². The molecule has 2 heterocycles. The lowest BCUT2D eigenvalue weighted by atomic mass is 10.0. The van der Waals surface area contributed by atoms with Crippen molar-refractivity contribution in [3.8, 4) is 11.1 Å². The Hall–Kier alpha value is -3.31. The van der Waals surface area contributed by atoms with E-state index in [9.17, 15) is 9.18 Å². The highest BCUT2D eigenvalue weighted by molar-refractivity contribution is 7.84. The van der Waals surface area contributed by atoms with Crippen molar-refractivity contribution in [2.75, 3.05) is 17.3 Å². The predicted octanol–water partition coefficient (Wildman–Crippen LogP) is 2.29. The summed E-state index contributed by atoms with van der Waals surface area (Å²) in [4.78, 5) is 15.1. The standard InChI is InChI=1S/C19H19FN4O2.CH4O3S/c1-19(2,20)15-10-18(26-24-15)23-17(25)9-12-3-5-13(6-4-12)14-7-8-16(21)22-11-14;1-5(2,3)4/h3-8,10-11H,9H2,1-2H3,(H2,21,22)(H,23,25);1H3,(H,2,3,4). The van der Waals surface area contributed by atoms with E-state index in [1.54, 1.807) is 6.07 Å². The van der Waals surface area contributed by atoms with Gasteiger partial charge in [0.15, 0.2) is 5.67 Å². The highest BCUT2D eigenvalue weighted by Crippen LogP contribution is 2.25. The Morgan fingerprint density at radius 2 is 1.81 bits per heavy atom. The van der Waals surface area contributed by atoms with E-state index in [1.807, 2.05) is 36.5 Å². The van der Waals surface area contributed by atoms with E-state index in [1.165, 1.54) is 19.9 Å². The van der Waals surface area contributed by atoms with Gasteiger partial charge < -0.3 is 9.08 Å². The number of alkyl halides is 1. The van der Waals surface area contributed by atoms with Gasteiger partial charge in [0, 0.05) is 24.0 Å². The first-order valence-corrected chi connectivity index (χ1v) is 10.9. The zero-order valence-corrected chi connectivity index (χ0v) is 18.0. The molecule has 0 aliphatic rings. The molecule has 0 bridgehead atoms. The van der Waals surface area contributed by atoms with Gasteiger partial charge in [0.2, 0.25) is 11.8 Å². The number of halogens is 1. The van der Waals surface area contributed by atoms with Gasteiger partial charge >= 0.3 is 0 Å². The summed E-state index contributed by atoms with van der Waals surface area (Å²) in [7, 11) is -3.92. The Morgan fingerprint density at radius 3 is 2.29 bits per heavy atom. The van der Waals surface area contributed by atoms with Crippen molar-refractivity contribution in [2.45, 2.75) is 25.9 Å². The predicted molar refractivity (Wildman–Crippen MR) is 111 cm³/mol. The number of carbonyl (C=O) groups is 1. The van der Waals surface area contributed by atoms with Crippen LogP contribution in [-0.2, 0) is 27.0 Å². The summed E-state index contributed by atoms with van der Waals surface area (Å²) in [5.74, 6) is 0.455. The third kappa shape index (κ3) is 8.52. The fourth-order valence-electron chi connectivity index (χ4n) is 2.41. The number of benzene rings is 1. The molecule has 0 aliphatic carbocycles.